The highest BCUT2D eigenvalue weighted by Gasteiger charge is 2.17. The zero-order chi connectivity index (χ0) is 15.3. The fraction of sp³-hybridized carbons (Fsp3) is 0.357. The summed E-state index contributed by atoms with van der Waals surface area (Å²) in [4.78, 5) is 7.13. The molecule has 2 heterocycles. The number of sulfonamides is 1. The summed E-state index contributed by atoms with van der Waals surface area (Å²) >= 11 is 0. The van der Waals surface area contributed by atoms with Crippen molar-refractivity contribution < 1.29 is 8.42 Å². The summed E-state index contributed by atoms with van der Waals surface area (Å²) in [5.74, 6) is 0. The molecule has 2 rings (SSSR count). The SMILES string of the molecule is CCCNCc1cc(S(=O)(=O)Nc2cnccc2C)c[nH]1. The molecule has 0 saturated carbocycles. The molecule has 21 heavy (non-hydrogen) atoms. The van der Waals surface area contributed by atoms with Crippen molar-refractivity contribution >= 4 is 15.7 Å². The van der Waals surface area contributed by atoms with E-state index in [1.54, 1.807) is 18.3 Å². The summed E-state index contributed by atoms with van der Waals surface area (Å²) in [6.07, 6.45) is 5.66. The summed E-state index contributed by atoms with van der Waals surface area (Å²) < 4.78 is 27.2. The third-order valence-corrected chi connectivity index (χ3v) is 4.40. The Hall–Kier alpha value is -1.86. The third-order valence-electron chi connectivity index (χ3n) is 3.05. The van der Waals surface area contributed by atoms with Crippen molar-refractivity contribution in [3.05, 3.63) is 42.0 Å². The van der Waals surface area contributed by atoms with Crippen LogP contribution in [0.4, 0.5) is 5.69 Å². The molecule has 0 spiro atoms. The number of nitrogens with zero attached hydrogens (tertiary/aromatic N) is 1. The Morgan fingerprint density at radius 1 is 1.38 bits per heavy atom. The molecule has 0 saturated heterocycles. The first-order chi connectivity index (χ1) is 10.0. The maximum Gasteiger partial charge on any atom is 0.263 e. The molecular weight excluding hydrogens is 288 g/mol. The van der Waals surface area contributed by atoms with E-state index in [0.29, 0.717) is 12.2 Å². The number of hydrogen-bond donors (Lipinski definition) is 3. The Morgan fingerprint density at radius 2 is 2.19 bits per heavy atom. The van der Waals surface area contributed by atoms with Crippen LogP contribution in [0.15, 0.2) is 35.6 Å². The van der Waals surface area contributed by atoms with E-state index in [9.17, 15) is 8.42 Å². The maximum atomic E-state index is 12.3. The van der Waals surface area contributed by atoms with Crippen LogP contribution >= 0.6 is 0 Å². The van der Waals surface area contributed by atoms with Crippen LogP contribution in [0.25, 0.3) is 0 Å². The van der Waals surface area contributed by atoms with E-state index >= 15 is 0 Å². The number of aromatic amines is 1. The summed E-state index contributed by atoms with van der Waals surface area (Å²) in [5, 5.41) is 3.22. The number of aryl methyl sites for hydroxylation is 1. The number of pyridine rings is 1. The standard InChI is InChI=1S/C14H20N4O2S/c1-3-5-15-8-12-7-13(9-17-12)21(19,20)18-14-10-16-6-4-11(14)2/h4,6-7,9-10,15,17-18H,3,5,8H2,1-2H3. The van der Waals surface area contributed by atoms with Crippen LogP contribution in [-0.4, -0.2) is 24.9 Å². The predicted octanol–water partition coefficient (Wildman–Crippen LogP) is 2.02. The summed E-state index contributed by atoms with van der Waals surface area (Å²) in [5.41, 5.74) is 2.16. The molecule has 0 amide bonds. The summed E-state index contributed by atoms with van der Waals surface area (Å²) in [6.45, 7) is 5.43. The molecule has 3 N–H and O–H groups in total. The minimum absolute atomic E-state index is 0.221. The van der Waals surface area contributed by atoms with Crippen LogP contribution < -0.4 is 10.0 Å². The van der Waals surface area contributed by atoms with Crippen LogP contribution in [0.5, 0.6) is 0 Å². The van der Waals surface area contributed by atoms with E-state index in [1.807, 2.05) is 6.92 Å². The van der Waals surface area contributed by atoms with Gasteiger partial charge in [-0.3, -0.25) is 9.71 Å². The third kappa shape index (κ3) is 4.05. The molecule has 0 radical (unpaired) electrons. The van der Waals surface area contributed by atoms with Crippen LogP contribution in [0.3, 0.4) is 0 Å². The molecule has 2 aromatic rings. The highest BCUT2D eigenvalue weighted by Crippen LogP contribution is 2.18. The van der Waals surface area contributed by atoms with Gasteiger partial charge in [0.25, 0.3) is 10.0 Å². The first-order valence-corrected chi connectivity index (χ1v) is 8.32. The summed E-state index contributed by atoms with van der Waals surface area (Å²) in [6, 6.07) is 3.39. The molecule has 0 aliphatic carbocycles. The van der Waals surface area contributed by atoms with E-state index in [-0.39, 0.29) is 4.90 Å². The minimum Gasteiger partial charge on any atom is -0.363 e. The van der Waals surface area contributed by atoms with Gasteiger partial charge in [0.05, 0.1) is 11.9 Å². The largest absolute Gasteiger partial charge is 0.363 e. The van der Waals surface area contributed by atoms with Crippen LogP contribution in [0, 0.1) is 6.92 Å². The molecule has 7 heteroatoms. The normalized spacial score (nSPS) is 11.5. The van der Waals surface area contributed by atoms with Crippen LogP contribution in [-0.2, 0) is 16.6 Å². The number of anilines is 1. The topological polar surface area (TPSA) is 86.9 Å². The van der Waals surface area contributed by atoms with Gasteiger partial charge in [0.1, 0.15) is 4.90 Å². The van der Waals surface area contributed by atoms with Crippen molar-refractivity contribution in [2.24, 2.45) is 0 Å². The fourth-order valence-electron chi connectivity index (χ4n) is 1.85. The van der Waals surface area contributed by atoms with Gasteiger partial charge in [-0.2, -0.15) is 0 Å². The number of aromatic nitrogens is 2. The zero-order valence-electron chi connectivity index (χ0n) is 12.2. The van der Waals surface area contributed by atoms with Gasteiger partial charge in [-0.05, 0) is 37.6 Å². The second-order valence-electron chi connectivity index (χ2n) is 4.83. The second-order valence-corrected chi connectivity index (χ2v) is 6.52. The van der Waals surface area contributed by atoms with Crippen molar-refractivity contribution in [2.45, 2.75) is 31.7 Å². The minimum atomic E-state index is -3.59. The van der Waals surface area contributed by atoms with Crippen molar-refractivity contribution in [3.63, 3.8) is 0 Å². The van der Waals surface area contributed by atoms with Gasteiger partial charge in [-0.1, -0.05) is 6.92 Å². The Bertz CT molecular complexity index is 695. The highest BCUT2D eigenvalue weighted by molar-refractivity contribution is 7.92. The molecule has 0 unspecified atom stereocenters. The average Bonchev–Trinajstić information content (AvgIpc) is 2.91. The van der Waals surface area contributed by atoms with Gasteiger partial charge in [0, 0.05) is 24.6 Å². The van der Waals surface area contributed by atoms with Gasteiger partial charge in [-0.15, -0.1) is 0 Å². The Balaban J connectivity index is 2.11. The van der Waals surface area contributed by atoms with E-state index < -0.39 is 10.0 Å². The van der Waals surface area contributed by atoms with Crippen molar-refractivity contribution in [2.75, 3.05) is 11.3 Å². The molecule has 0 aromatic carbocycles. The second kappa shape index (κ2) is 6.73. The lowest BCUT2D eigenvalue weighted by Gasteiger charge is -2.08. The molecule has 0 bridgehead atoms. The smallest absolute Gasteiger partial charge is 0.263 e. The van der Waals surface area contributed by atoms with Gasteiger partial charge >= 0.3 is 0 Å². The van der Waals surface area contributed by atoms with E-state index in [2.05, 4.69) is 26.9 Å². The number of H-pyrrole nitrogens is 1. The Morgan fingerprint density at radius 3 is 2.90 bits per heavy atom. The van der Waals surface area contributed by atoms with Crippen LogP contribution in [0.1, 0.15) is 24.6 Å². The number of rotatable bonds is 7. The van der Waals surface area contributed by atoms with E-state index in [1.165, 1.54) is 12.4 Å². The lowest BCUT2D eigenvalue weighted by atomic mass is 10.3. The monoisotopic (exact) mass is 308 g/mol. The Kier molecular flexibility index (Phi) is 4.98. The van der Waals surface area contributed by atoms with E-state index in [0.717, 1.165) is 24.2 Å². The average molecular weight is 308 g/mol. The molecular formula is C14H20N4O2S. The Labute approximate surface area is 125 Å². The molecule has 0 fully saturated rings. The van der Waals surface area contributed by atoms with Gasteiger partial charge in [-0.25, -0.2) is 8.42 Å². The van der Waals surface area contributed by atoms with Crippen LogP contribution in [0.2, 0.25) is 0 Å². The lowest BCUT2D eigenvalue weighted by molar-refractivity contribution is 0.601. The number of nitrogens with one attached hydrogen (secondary N) is 3. The quantitative estimate of drug-likeness (QED) is 0.683. The highest BCUT2D eigenvalue weighted by atomic mass is 32.2. The fourth-order valence-corrected chi connectivity index (χ4v) is 2.98. The first kappa shape index (κ1) is 15.5. The molecule has 6 nitrogen and oxygen atoms in total. The van der Waals surface area contributed by atoms with Crippen molar-refractivity contribution in [1.29, 1.82) is 0 Å². The van der Waals surface area contributed by atoms with Crippen molar-refractivity contribution in [3.8, 4) is 0 Å². The lowest BCUT2D eigenvalue weighted by Crippen LogP contribution is -2.14. The van der Waals surface area contributed by atoms with Gasteiger partial charge < -0.3 is 10.3 Å². The molecule has 2 aromatic heterocycles. The molecule has 0 atom stereocenters. The molecule has 0 aliphatic heterocycles. The van der Waals surface area contributed by atoms with E-state index in [4.69, 9.17) is 0 Å². The predicted molar refractivity (Wildman–Crippen MR) is 82.6 cm³/mol. The van der Waals surface area contributed by atoms with Crippen molar-refractivity contribution in [1.82, 2.24) is 15.3 Å². The molecule has 114 valence electrons. The van der Waals surface area contributed by atoms with Gasteiger partial charge in [0.15, 0.2) is 0 Å². The maximum absolute atomic E-state index is 12.3. The molecule has 0 aliphatic rings. The van der Waals surface area contributed by atoms with Gasteiger partial charge in [0.2, 0.25) is 0 Å². The first-order valence-electron chi connectivity index (χ1n) is 6.84. The summed E-state index contributed by atoms with van der Waals surface area (Å²) in [7, 11) is -3.59. The number of hydrogen-bond acceptors (Lipinski definition) is 4. The zero-order valence-corrected chi connectivity index (χ0v) is 13.0.